The average Bonchev–Trinajstić information content (AvgIpc) is 3.31. The van der Waals surface area contributed by atoms with Crippen molar-refractivity contribution in [2.24, 2.45) is 11.8 Å². The van der Waals surface area contributed by atoms with Gasteiger partial charge in [0, 0.05) is 0 Å². The molecule has 1 aromatic rings. The van der Waals surface area contributed by atoms with Gasteiger partial charge in [0.1, 0.15) is 6.04 Å². The zero-order chi connectivity index (χ0) is 19.1. The number of rotatable bonds is 3. The maximum atomic E-state index is 13.5. The third-order valence-electron chi connectivity index (χ3n) is 4.52. The molecule has 0 unspecified atom stereocenters. The number of benzene rings is 1. The molecule has 1 aliphatic carbocycles. The minimum Gasteiger partial charge on any atom is -0.455 e. The first-order valence-electron chi connectivity index (χ1n) is 8.12. The van der Waals surface area contributed by atoms with Gasteiger partial charge in [-0.1, -0.05) is 19.1 Å². The van der Waals surface area contributed by atoms with Crippen LogP contribution in [0, 0.1) is 11.8 Å². The van der Waals surface area contributed by atoms with Gasteiger partial charge in [-0.3, -0.25) is 19.3 Å². The summed E-state index contributed by atoms with van der Waals surface area (Å²) in [7, 11) is 0. The van der Waals surface area contributed by atoms with Gasteiger partial charge in [-0.15, -0.1) is 0 Å². The van der Waals surface area contributed by atoms with Crippen LogP contribution in [0.3, 0.4) is 0 Å². The molecule has 1 saturated carbocycles. The normalized spacial score (nSPS) is 25.0. The van der Waals surface area contributed by atoms with E-state index in [0.717, 1.165) is 0 Å². The van der Waals surface area contributed by atoms with Crippen LogP contribution in [-0.2, 0) is 19.1 Å². The summed E-state index contributed by atoms with van der Waals surface area (Å²) in [4.78, 5) is 36.6. The number of esters is 1. The van der Waals surface area contributed by atoms with Crippen LogP contribution >= 0.6 is 0 Å². The summed E-state index contributed by atoms with van der Waals surface area (Å²) in [6.45, 7) is 1.03. The summed E-state index contributed by atoms with van der Waals surface area (Å²) in [6, 6.07) is 3.37. The highest BCUT2D eigenvalue weighted by Gasteiger charge is 2.49. The molecule has 0 aromatic heterocycles. The first-order valence-corrected chi connectivity index (χ1v) is 8.12. The Balaban J connectivity index is 1.87. The highest BCUT2D eigenvalue weighted by atomic mass is 19.4. The molecular weight excluding hydrogens is 353 g/mol. The quantitative estimate of drug-likeness (QED) is 0.830. The highest BCUT2D eigenvalue weighted by Crippen LogP contribution is 2.39. The van der Waals surface area contributed by atoms with E-state index in [1.165, 1.54) is 24.3 Å². The van der Waals surface area contributed by atoms with Crippen LogP contribution in [0.1, 0.15) is 19.8 Å². The molecule has 0 bridgehead atoms. The second-order valence-corrected chi connectivity index (χ2v) is 6.52. The molecule has 6 nitrogen and oxygen atoms in total. The Bertz CT molecular complexity index is 750. The Kier molecular flexibility index (Phi) is 4.64. The Morgan fingerprint density at radius 2 is 1.96 bits per heavy atom. The number of carbonyl (C=O) groups is 3. The van der Waals surface area contributed by atoms with Crippen molar-refractivity contribution in [1.82, 2.24) is 0 Å². The molecule has 1 aliphatic heterocycles. The number of alkyl halides is 3. The topological polar surface area (TPSA) is 75.7 Å². The van der Waals surface area contributed by atoms with Gasteiger partial charge in [-0.2, -0.15) is 13.2 Å². The summed E-state index contributed by atoms with van der Waals surface area (Å²) in [5, 5.41) is 2.37. The van der Waals surface area contributed by atoms with Gasteiger partial charge in [0.25, 0.3) is 5.91 Å². The maximum absolute atomic E-state index is 13.5. The Morgan fingerprint density at radius 3 is 2.58 bits per heavy atom. The smallest absolute Gasteiger partial charge is 0.409 e. The number of anilines is 2. The monoisotopic (exact) mass is 370 g/mol. The average molecular weight is 370 g/mol. The number of halogens is 3. The fraction of sp³-hybridized carbons (Fsp3) is 0.471. The van der Waals surface area contributed by atoms with Gasteiger partial charge in [0.2, 0.25) is 5.91 Å². The Morgan fingerprint density at radius 1 is 1.31 bits per heavy atom. The standard InChI is InChI=1S/C17H17F3N2O4/c1-9-6-10(9)16(25)26-8-15(24)22-12-5-3-2-4-11(12)21-14(23)7-13(22)17(18,19)20/h2-5,9-10,13H,6-8H2,1H3,(H,21,23)/t9-,10-,13+/m1/s1. The fourth-order valence-electron chi connectivity index (χ4n) is 2.96. The van der Waals surface area contributed by atoms with Crippen molar-refractivity contribution in [3.05, 3.63) is 24.3 Å². The Labute approximate surface area is 147 Å². The van der Waals surface area contributed by atoms with Crippen molar-refractivity contribution in [1.29, 1.82) is 0 Å². The molecule has 3 atom stereocenters. The molecule has 140 valence electrons. The number of nitrogens with zero attached hydrogens (tertiary/aromatic N) is 1. The van der Waals surface area contributed by atoms with Crippen LogP contribution in [0.5, 0.6) is 0 Å². The molecule has 1 aromatic carbocycles. The first kappa shape index (κ1) is 18.2. The lowest BCUT2D eigenvalue weighted by Crippen LogP contribution is -2.51. The number of amides is 2. The summed E-state index contributed by atoms with van der Waals surface area (Å²) in [5.41, 5.74) is 0.0151. The number of para-hydroxylation sites is 2. The van der Waals surface area contributed by atoms with Crippen molar-refractivity contribution < 1.29 is 32.3 Å². The largest absolute Gasteiger partial charge is 0.455 e. The van der Waals surface area contributed by atoms with Crippen LogP contribution in [0.4, 0.5) is 24.5 Å². The predicted molar refractivity (Wildman–Crippen MR) is 85.2 cm³/mol. The molecular formula is C17H17F3N2O4. The lowest BCUT2D eigenvalue weighted by Gasteiger charge is -2.31. The molecule has 1 N–H and O–H groups in total. The third kappa shape index (κ3) is 3.66. The lowest BCUT2D eigenvalue weighted by molar-refractivity contribution is -0.160. The van der Waals surface area contributed by atoms with E-state index >= 15 is 0 Å². The van der Waals surface area contributed by atoms with Gasteiger partial charge in [0.05, 0.1) is 23.7 Å². The molecule has 3 rings (SSSR count). The van der Waals surface area contributed by atoms with Crippen LogP contribution in [0.15, 0.2) is 24.3 Å². The molecule has 0 spiro atoms. The number of fused-ring (bicyclic) bond motifs is 1. The van der Waals surface area contributed by atoms with E-state index in [-0.39, 0.29) is 23.2 Å². The minimum atomic E-state index is -4.82. The van der Waals surface area contributed by atoms with Gasteiger partial charge >= 0.3 is 12.1 Å². The zero-order valence-corrected chi connectivity index (χ0v) is 13.9. The van der Waals surface area contributed by atoms with E-state index in [1.54, 1.807) is 0 Å². The summed E-state index contributed by atoms with van der Waals surface area (Å²) in [5.74, 6) is -2.62. The van der Waals surface area contributed by atoms with Crippen LogP contribution in [0.2, 0.25) is 0 Å². The summed E-state index contributed by atoms with van der Waals surface area (Å²) in [6.07, 6.45) is -5.11. The number of hydrogen-bond acceptors (Lipinski definition) is 4. The van der Waals surface area contributed by atoms with Crippen molar-refractivity contribution in [3.8, 4) is 0 Å². The second-order valence-electron chi connectivity index (χ2n) is 6.52. The fourth-order valence-corrected chi connectivity index (χ4v) is 2.96. The summed E-state index contributed by atoms with van der Waals surface area (Å²) >= 11 is 0. The van der Waals surface area contributed by atoms with Crippen molar-refractivity contribution >= 4 is 29.2 Å². The zero-order valence-electron chi connectivity index (χ0n) is 13.9. The van der Waals surface area contributed by atoms with E-state index < -0.39 is 43.0 Å². The van der Waals surface area contributed by atoms with E-state index in [2.05, 4.69) is 5.32 Å². The number of ether oxygens (including phenoxy) is 1. The van der Waals surface area contributed by atoms with Crippen LogP contribution in [0.25, 0.3) is 0 Å². The van der Waals surface area contributed by atoms with Gasteiger partial charge < -0.3 is 10.1 Å². The third-order valence-corrected chi connectivity index (χ3v) is 4.52. The predicted octanol–water partition coefficient (Wildman–Crippen LogP) is 2.49. The number of carbonyl (C=O) groups excluding carboxylic acids is 3. The molecule has 1 heterocycles. The van der Waals surface area contributed by atoms with Crippen molar-refractivity contribution in [2.45, 2.75) is 32.0 Å². The van der Waals surface area contributed by atoms with E-state index in [0.29, 0.717) is 11.3 Å². The first-order chi connectivity index (χ1) is 12.2. The molecule has 0 saturated heterocycles. The van der Waals surface area contributed by atoms with E-state index in [4.69, 9.17) is 4.74 Å². The van der Waals surface area contributed by atoms with Crippen LogP contribution < -0.4 is 10.2 Å². The summed E-state index contributed by atoms with van der Waals surface area (Å²) < 4.78 is 45.4. The van der Waals surface area contributed by atoms with Gasteiger partial charge in [0.15, 0.2) is 6.61 Å². The van der Waals surface area contributed by atoms with E-state index in [1.807, 2.05) is 6.92 Å². The van der Waals surface area contributed by atoms with Gasteiger partial charge in [-0.05, 0) is 24.5 Å². The maximum Gasteiger partial charge on any atom is 0.409 e. The SMILES string of the molecule is C[C@@H]1C[C@H]1C(=O)OCC(=O)N1c2ccccc2NC(=O)C[C@H]1C(F)(F)F. The number of hydrogen-bond donors (Lipinski definition) is 1. The minimum absolute atomic E-state index is 0.0819. The molecule has 9 heteroatoms. The highest BCUT2D eigenvalue weighted by molar-refractivity contribution is 6.05. The van der Waals surface area contributed by atoms with Gasteiger partial charge in [-0.25, -0.2) is 0 Å². The van der Waals surface area contributed by atoms with E-state index in [9.17, 15) is 27.6 Å². The molecule has 2 aliphatic rings. The Hall–Kier alpha value is -2.58. The van der Waals surface area contributed by atoms with Crippen molar-refractivity contribution in [2.75, 3.05) is 16.8 Å². The molecule has 1 fully saturated rings. The van der Waals surface area contributed by atoms with Crippen molar-refractivity contribution in [3.63, 3.8) is 0 Å². The molecule has 26 heavy (non-hydrogen) atoms. The van der Waals surface area contributed by atoms with Crippen LogP contribution in [-0.4, -0.2) is 36.6 Å². The second kappa shape index (κ2) is 6.62. The number of nitrogens with one attached hydrogen (secondary N) is 1. The molecule has 2 amide bonds. The lowest BCUT2D eigenvalue weighted by atomic mass is 10.1. The molecule has 0 radical (unpaired) electrons.